The first-order chi connectivity index (χ1) is 16.5. The van der Waals surface area contributed by atoms with Gasteiger partial charge in [-0.15, -0.1) is 0 Å². The second kappa shape index (κ2) is 9.24. The van der Waals surface area contributed by atoms with Gasteiger partial charge in [0.1, 0.15) is 6.07 Å². The smallest absolute Gasteiger partial charge is 0.337 e. The monoisotopic (exact) mass is 449 g/mol. The number of rotatable bonds is 4. The van der Waals surface area contributed by atoms with Crippen LogP contribution in [0, 0.1) is 45.3 Å². The van der Waals surface area contributed by atoms with Crippen LogP contribution in [-0.4, -0.2) is 31.1 Å². The highest BCUT2D eigenvalue weighted by atomic mass is 16.5. The predicted octanol–water partition coefficient (Wildman–Crippen LogP) is 3.40. The molecular weight excluding hydrogens is 426 g/mol. The molecule has 2 atom stereocenters. The van der Waals surface area contributed by atoms with Crippen molar-refractivity contribution in [1.29, 1.82) is 15.8 Å². The molecule has 0 bridgehead atoms. The number of fused-ring (bicyclic) bond motifs is 1. The van der Waals surface area contributed by atoms with E-state index in [9.17, 15) is 20.6 Å². The summed E-state index contributed by atoms with van der Waals surface area (Å²) in [5.41, 5.74) is 7.85. The van der Waals surface area contributed by atoms with Gasteiger partial charge in [0.2, 0.25) is 0 Å². The number of nitrogens with zero attached hydrogens (tertiary/aromatic N) is 4. The molecule has 2 unspecified atom stereocenters. The van der Waals surface area contributed by atoms with Gasteiger partial charge in [-0.1, -0.05) is 48.5 Å². The highest BCUT2D eigenvalue weighted by Gasteiger charge is 2.54. The van der Waals surface area contributed by atoms with Crippen molar-refractivity contribution in [2.45, 2.75) is 12.5 Å². The zero-order valence-electron chi connectivity index (χ0n) is 18.7. The first-order valence-electron chi connectivity index (χ1n) is 10.9. The number of ether oxygens (including phenoxy) is 1. The Bertz CT molecular complexity index is 1280. The first-order valence-corrected chi connectivity index (χ1v) is 10.9. The van der Waals surface area contributed by atoms with Crippen molar-refractivity contribution < 1.29 is 9.53 Å². The van der Waals surface area contributed by atoms with Gasteiger partial charge < -0.3 is 10.5 Å². The Balaban J connectivity index is 1.82. The Labute approximate surface area is 198 Å². The Morgan fingerprint density at radius 2 is 1.79 bits per heavy atom. The fourth-order valence-electron chi connectivity index (χ4n) is 5.03. The molecule has 1 heterocycles. The summed E-state index contributed by atoms with van der Waals surface area (Å²) >= 11 is 0. The zero-order valence-corrected chi connectivity index (χ0v) is 18.7. The fraction of sp³-hybridized carbons (Fsp3) is 0.259. The van der Waals surface area contributed by atoms with E-state index >= 15 is 0 Å². The van der Waals surface area contributed by atoms with Crippen LogP contribution in [-0.2, 0) is 11.3 Å². The molecule has 0 spiro atoms. The standard InChI is InChI=1S/C27H23N5O2/c1-34-26(33)20-9-7-19(8-10-20)24-23-15-32(14-18-5-3-2-4-6-18)12-11-21(23)22(13-28)25(31)27(24,16-29)17-30/h2-11,23-24H,12,14-15,31H2,1H3. The summed E-state index contributed by atoms with van der Waals surface area (Å²) in [6.07, 6.45) is 1.98. The maximum Gasteiger partial charge on any atom is 0.337 e. The van der Waals surface area contributed by atoms with Gasteiger partial charge in [-0.2, -0.15) is 15.8 Å². The van der Waals surface area contributed by atoms with Crippen LogP contribution >= 0.6 is 0 Å². The van der Waals surface area contributed by atoms with Crippen LogP contribution in [0.2, 0.25) is 0 Å². The topological polar surface area (TPSA) is 127 Å². The molecule has 2 aromatic rings. The zero-order chi connectivity index (χ0) is 24.3. The molecule has 0 saturated heterocycles. The number of carbonyl (C=O) groups is 1. The van der Waals surface area contributed by atoms with Gasteiger partial charge in [0, 0.05) is 31.5 Å². The minimum Gasteiger partial charge on any atom is -0.465 e. The first kappa shape index (κ1) is 22.8. The number of benzene rings is 2. The number of nitriles is 3. The van der Waals surface area contributed by atoms with Crippen molar-refractivity contribution in [1.82, 2.24) is 4.90 Å². The Morgan fingerprint density at radius 3 is 2.38 bits per heavy atom. The van der Waals surface area contributed by atoms with E-state index in [1.165, 1.54) is 7.11 Å². The van der Waals surface area contributed by atoms with Gasteiger partial charge >= 0.3 is 5.97 Å². The van der Waals surface area contributed by atoms with Crippen LogP contribution in [0.4, 0.5) is 0 Å². The fourth-order valence-corrected chi connectivity index (χ4v) is 5.03. The van der Waals surface area contributed by atoms with Gasteiger partial charge in [0.25, 0.3) is 0 Å². The van der Waals surface area contributed by atoms with E-state index in [0.29, 0.717) is 30.8 Å². The third-order valence-electron chi connectivity index (χ3n) is 6.68. The molecule has 2 aromatic carbocycles. The Morgan fingerprint density at radius 1 is 1.12 bits per heavy atom. The number of hydrogen-bond donors (Lipinski definition) is 1. The second-order valence-corrected chi connectivity index (χ2v) is 8.47. The number of methoxy groups -OCH3 is 1. The molecule has 7 heteroatoms. The summed E-state index contributed by atoms with van der Waals surface area (Å²) in [4.78, 5) is 14.1. The van der Waals surface area contributed by atoms with E-state index in [1.54, 1.807) is 24.3 Å². The van der Waals surface area contributed by atoms with Gasteiger partial charge in [-0.3, -0.25) is 4.90 Å². The molecule has 0 saturated carbocycles. The molecule has 0 amide bonds. The molecule has 2 N–H and O–H groups in total. The van der Waals surface area contributed by atoms with E-state index in [1.807, 2.05) is 24.3 Å². The molecule has 168 valence electrons. The quantitative estimate of drug-likeness (QED) is 0.709. The average Bonchev–Trinajstić information content (AvgIpc) is 2.88. The summed E-state index contributed by atoms with van der Waals surface area (Å²) in [6, 6.07) is 23.2. The van der Waals surface area contributed by atoms with E-state index < -0.39 is 17.3 Å². The van der Waals surface area contributed by atoms with Crippen molar-refractivity contribution in [2.24, 2.45) is 17.1 Å². The summed E-state index contributed by atoms with van der Waals surface area (Å²) in [7, 11) is 1.31. The molecule has 0 radical (unpaired) electrons. The maximum absolute atomic E-state index is 11.9. The second-order valence-electron chi connectivity index (χ2n) is 8.47. The van der Waals surface area contributed by atoms with Gasteiger partial charge in [-0.25, -0.2) is 4.79 Å². The normalized spacial score (nSPS) is 21.3. The molecule has 7 nitrogen and oxygen atoms in total. The van der Waals surface area contributed by atoms with Crippen LogP contribution in [0.1, 0.15) is 27.4 Å². The molecule has 0 fully saturated rings. The molecular formula is C27H23N5O2. The summed E-state index contributed by atoms with van der Waals surface area (Å²) in [5, 5.41) is 30.3. The van der Waals surface area contributed by atoms with Crippen molar-refractivity contribution >= 4 is 5.97 Å². The number of carbonyl (C=O) groups excluding carboxylic acids is 1. The highest BCUT2D eigenvalue weighted by molar-refractivity contribution is 5.89. The molecule has 1 aliphatic heterocycles. The van der Waals surface area contributed by atoms with Crippen molar-refractivity contribution in [3.63, 3.8) is 0 Å². The van der Waals surface area contributed by atoms with Crippen LogP contribution in [0.25, 0.3) is 0 Å². The number of hydrogen-bond acceptors (Lipinski definition) is 7. The van der Waals surface area contributed by atoms with E-state index in [2.05, 4.69) is 35.2 Å². The highest BCUT2D eigenvalue weighted by Crippen LogP contribution is 2.54. The van der Waals surface area contributed by atoms with Crippen molar-refractivity contribution in [3.05, 3.63) is 94.2 Å². The number of nitrogens with two attached hydrogens (primary N) is 1. The van der Waals surface area contributed by atoms with E-state index in [4.69, 9.17) is 10.5 Å². The van der Waals surface area contributed by atoms with Crippen LogP contribution in [0.15, 0.2) is 77.5 Å². The summed E-state index contributed by atoms with van der Waals surface area (Å²) < 4.78 is 4.78. The molecule has 0 aromatic heterocycles. The third kappa shape index (κ3) is 3.71. The summed E-state index contributed by atoms with van der Waals surface area (Å²) in [6.45, 7) is 1.87. The van der Waals surface area contributed by atoms with Crippen molar-refractivity contribution in [3.8, 4) is 18.2 Å². The lowest BCUT2D eigenvalue weighted by atomic mass is 9.58. The minimum atomic E-state index is -1.71. The maximum atomic E-state index is 11.9. The lowest BCUT2D eigenvalue weighted by Crippen LogP contribution is -2.47. The average molecular weight is 450 g/mol. The van der Waals surface area contributed by atoms with Crippen LogP contribution in [0.3, 0.4) is 0 Å². The lowest BCUT2D eigenvalue weighted by molar-refractivity contribution is 0.0600. The van der Waals surface area contributed by atoms with E-state index in [-0.39, 0.29) is 17.2 Å². The Hall–Kier alpha value is -4.38. The predicted molar refractivity (Wildman–Crippen MR) is 124 cm³/mol. The Kier molecular flexibility index (Phi) is 6.19. The lowest BCUT2D eigenvalue weighted by Gasteiger charge is -2.45. The summed E-state index contributed by atoms with van der Waals surface area (Å²) in [5.74, 6) is -1.39. The largest absolute Gasteiger partial charge is 0.465 e. The third-order valence-corrected chi connectivity index (χ3v) is 6.68. The SMILES string of the molecule is COC(=O)c1ccc(C2C3CN(Cc4ccccc4)CC=C3C(C#N)=C(N)C2(C#N)C#N)cc1. The molecule has 4 rings (SSSR count). The van der Waals surface area contributed by atoms with Crippen molar-refractivity contribution in [2.75, 3.05) is 20.2 Å². The molecule has 34 heavy (non-hydrogen) atoms. The van der Waals surface area contributed by atoms with Gasteiger partial charge in [-0.05, 0) is 28.8 Å². The number of allylic oxidation sites excluding steroid dienone is 2. The number of esters is 1. The van der Waals surface area contributed by atoms with Gasteiger partial charge in [0.15, 0.2) is 5.41 Å². The molecule has 2 aliphatic rings. The minimum absolute atomic E-state index is 0.0129. The van der Waals surface area contributed by atoms with Gasteiger partial charge in [0.05, 0.1) is 36.1 Å². The van der Waals surface area contributed by atoms with E-state index in [0.717, 1.165) is 11.1 Å². The molecule has 1 aliphatic carbocycles. The van der Waals surface area contributed by atoms with Crippen LogP contribution in [0.5, 0.6) is 0 Å². The van der Waals surface area contributed by atoms with Crippen LogP contribution < -0.4 is 5.73 Å².